The van der Waals surface area contributed by atoms with Crippen molar-refractivity contribution in [2.75, 3.05) is 6.61 Å². The summed E-state index contributed by atoms with van der Waals surface area (Å²) in [5, 5.41) is 33.7. The summed E-state index contributed by atoms with van der Waals surface area (Å²) >= 11 is 0. The van der Waals surface area contributed by atoms with E-state index in [9.17, 15) is 20.1 Å². The number of carbonyl (C=O) groups excluding carboxylic acids is 1. The highest BCUT2D eigenvalue weighted by Crippen LogP contribution is 2.17. The molecule has 56 heavy (non-hydrogen) atoms. The van der Waals surface area contributed by atoms with Gasteiger partial charge in [0.1, 0.15) is 6.10 Å². The Kier molecular flexibility index (Phi) is 46.0. The number of hydrogen-bond acceptors (Lipinski definition) is 4. The zero-order valence-corrected chi connectivity index (χ0v) is 38.0. The monoisotopic (exact) mass is 792 g/mol. The average molecular weight is 792 g/mol. The topological polar surface area (TPSA) is 89.8 Å². The lowest BCUT2D eigenvalue weighted by Gasteiger charge is -2.26. The van der Waals surface area contributed by atoms with Crippen LogP contribution < -0.4 is 5.32 Å². The van der Waals surface area contributed by atoms with Crippen LogP contribution in [0.2, 0.25) is 0 Å². The summed E-state index contributed by atoms with van der Waals surface area (Å²) in [7, 11) is 0. The number of hydrogen-bond donors (Lipinski definition) is 4. The molecule has 334 valence electrons. The first kappa shape index (κ1) is 55.1. The molecule has 3 atom stereocenters. The lowest BCUT2D eigenvalue weighted by Crippen LogP contribution is -2.50. The minimum absolute atomic E-state index is 0.142. The van der Waals surface area contributed by atoms with Gasteiger partial charge in [0.25, 0.3) is 0 Å². The molecule has 0 radical (unpaired) electrons. The van der Waals surface area contributed by atoms with Gasteiger partial charge in [-0.15, -0.1) is 0 Å². The van der Waals surface area contributed by atoms with Gasteiger partial charge >= 0.3 is 0 Å². The highest BCUT2D eigenvalue weighted by molar-refractivity contribution is 5.76. The Bertz CT molecular complexity index is 788. The van der Waals surface area contributed by atoms with Crippen molar-refractivity contribution < 1.29 is 20.1 Å². The van der Waals surface area contributed by atoms with Crippen molar-refractivity contribution in [3.05, 3.63) is 12.2 Å². The van der Waals surface area contributed by atoms with Crippen molar-refractivity contribution in [2.24, 2.45) is 0 Å². The van der Waals surface area contributed by atoms with E-state index in [0.717, 1.165) is 32.1 Å². The number of amides is 1. The van der Waals surface area contributed by atoms with Gasteiger partial charge in [-0.05, 0) is 38.5 Å². The molecule has 0 rings (SSSR count). The third-order valence-electron chi connectivity index (χ3n) is 12.1. The van der Waals surface area contributed by atoms with Gasteiger partial charge in [-0.3, -0.25) is 4.79 Å². The molecule has 0 saturated carbocycles. The fourth-order valence-electron chi connectivity index (χ4n) is 8.16. The Balaban J connectivity index is 3.55. The highest BCUT2D eigenvalue weighted by atomic mass is 16.3. The van der Waals surface area contributed by atoms with Crippen molar-refractivity contribution in [3.8, 4) is 0 Å². The van der Waals surface area contributed by atoms with E-state index in [4.69, 9.17) is 0 Å². The van der Waals surface area contributed by atoms with E-state index in [-0.39, 0.29) is 12.5 Å². The fourth-order valence-corrected chi connectivity index (χ4v) is 8.16. The van der Waals surface area contributed by atoms with Gasteiger partial charge in [-0.1, -0.05) is 251 Å². The molecule has 0 aromatic heterocycles. The minimum Gasteiger partial charge on any atom is -0.394 e. The quantitative estimate of drug-likeness (QED) is 0.0365. The SMILES string of the molecule is CCCCCCCCCCCCCC/C=C\CCCCCCCCCCCC(=O)NC(CO)C(O)C(O)CCCCCCCCCCCCCCCCCCC. The van der Waals surface area contributed by atoms with E-state index < -0.39 is 18.2 Å². The van der Waals surface area contributed by atoms with E-state index >= 15 is 0 Å². The predicted molar refractivity (Wildman–Crippen MR) is 245 cm³/mol. The van der Waals surface area contributed by atoms with Crippen LogP contribution in [0.4, 0.5) is 0 Å². The van der Waals surface area contributed by atoms with Crippen molar-refractivity contribution in [2.45, 2.75) is 302 Å². The lowest BCUT2D eigenvalue weighted by molar-refractivity contribution is -0.124. The third-order valence-corrected chi connectivity index (χ3v) is 12.1. The number of nitrogens with one attached hydrogen (secondary N) is 1. The van der Waals surface area contributed by atoms with Crippen LogP contribution in [-0.2, 0) is 4.79 Å². The first-order chi connectivity index (χ1) is 27.6. The molecule has 5 nitrogen and oxygen atoms in total. The largest absolute Gasteiger partial charge is 0.394 e. The highest BCUT2D eigenvalue weighted by Gasteiger charge is 2.26. The molecule has 0 aliphatic heterocycles. The van der Waals surface area contributed by atoms with Crippen molar-refractivity contribution in [1.82, 2.24) is 5.32 Å². The van der Waals surface area contributed by atoms with Crippen LogP contribution in [0.1, 0.15) is 284 Å². The summed E-state index contributed by atoms with van der Waals surface area (Å²) in [6.45, 7) is 4.21. The number of aliphatic hydroxyl groups is 3. The molecule has 0 fully saturated rings. The Hall–Kier alpha value is -0.910. The number of unbranched alkanes of at least 4 members (excludes halogenated alkanes) is 37. The van der Waals surface area contributed by atoms with E-state index in [0.29, 0.717) is 12.8 Å². The molecule has 4 N–H and O–H groups in total. The Morgan fingerprint density at radius 2 is 0.714 bits per heavy atom. The van der Waals surface area contributed by atoms with Gasteiger partial charge in [-0.2, -0.15) is 0 Å². The number of rotatable bonds is 47. The molecule has 0 bridgehead atoms. The molecular formula is C51H101NO4. The standard InChI is InChI=1S/C51H101NO4/c1-3-5-7-9-11-13-15-17-19-21-22-23-24-25-26-27-28-30-32-34-36-38-40-42-44-46-50(55)52-48(47-53)51(56)49(54)45-43-41-39-37-35-33-31-29-20-18-16-14-12-10-8-6-4-2/h25-26,48-49,51,53-54,56H,3-24,27-47H2,1-2H3,(H,52,55)/b26-25-. The molecular weight excluding hydrogens is 691 g/mol. The maximum absolute atomic E-state index is 12.5. The third kappa shape index (κ3) is 41.3. The van der Waals surface area contributed by atoms with E-state index in [1.54, 1.807) is 0 Å². The van der Waals surface area contributed by atoms with Crippen molar-refractivity contribution >= 4 is 5.91 Å². The predicted octanol–water partition coefficient (Wildman–Crippen LogP) is 15.2. The first-order valence-electron chi connectivity index (χ1n) is 25.5. The summed E-state index contributed by atoms with van der Waals surface area (Å²) in [6.07, 6.45) is 56.3. The summed E-state index contributed by atoms with van der Waals surface area (Å²) in [5.41, 5.74) is 0. The van der Waals surface area contributed by atoms with Gasteiger partial charge in [0.2, 0.25) is 5.91 Å². The van der Waals surface area contributed by atoms with Crippen LogP contribution in [0.25, 0.3) is 0 Å². The van der Waals surface area contributed by atoms with Gasteiger partial charge in [0.15, 0.2) is 0 Å². The smallest absolute Gasteiger partial charge is 0.220 e. The lowest BCUT2D eigenvalue weighted by atomic mass is 9.99. The molecule has 0 saturated heterocycles. The zero-order valence-electron chi connectivity index (χ0n) is 38.0. The van der Waals surface area contributed by atoms with Crippen LogP contribution in [-0.4, -0.2) is 46.1 Å². The molecule has 0 aromatic rings. The number of aliphatic hydroxyl groups excluding tert-OH is 3. The second kappa shape index (κ2) is 46.8. The maximum Gasteiger partial charge on any atom is 0.220 e. The minimum atomic E-state index is -1.13. The van der Waals surface area contributed by atoms with E-state index in [2.05, 4.69) is 31.3 Å². The van der Waals surface area contributed by atoms with E-state index in [1.807, 2.05) is 0 Å². The van der Waals surface area contributed by atoms with E-state index in [1.165, 1.54) is 225 Å². The number of allylic oxidation sites excluding steroid dienone is 2. The van der Waals surface area contributed by atoms with Crippen molar-refractivity contribution in [3.63, 3.8) is 0 Å². The molecule has 0 aliphatic carbocycles. The van der Waals surface area contributed by atoms with Gasteiger partial charge < -0.3 is 20.6 Å². The van der Waals surface area contributed by atoms with Gasteiger partial charge in [0.05, 0.1) is 18.8 Å². The van der Waals surface area contributed by atoms with Crippen LogP contribution in [0.3, 0.4) is 0 Å². The molecule has 0 aliphatic rings. The van der Waals surface area contributed by atoms with Crippen LogP contribution in [0.5, 0.6) is 0 Å². The zero-order chi connectivity index (χ0) is 40.8. The van der Waals surface area contributed by atoms with Gasteiger partial charge in [-0.25, -0.2) is 0 Å². The van der Waals surface area contributed by atoms with Crippen molar-refractivity contribution in [1.29, 1.82) is 0 Å². The first-order valence-corrected chi connectivity index (χ1v) is 25.5. The van der Waals surface area contributed by atoms with Crippen LogP contribution >= 0.6 is 0 Å². The Morgan fingerprint density at radius 3 is 1.04 bits per heavy atom. The molecule has 1 amide bonds. The molecule has 0 spiro atoms. The Labute approximate surface area is 350 Å². The second-order valence-corrected chi connectivity index (χ2v) is 17.7. The average Bonchev–Trinajstić information content (AvgIpc) is 3.20. The second-order valence-electron chi connectivity index (χ2n) is 17.7. The summed E-state index contributed by atoms with van der Waals surface area (Å²) in [4.78, 5) is 12.5. The fraction of sp³-hybridized carbons (Fsp3) is 0.941. The van der Waals surface area contributed by atoms with Gasteiger partial charge in [0, 0.05) is 6.42 Å². The molecule has 0 aromatic carbocycles. The Morgan fingerprint density at radius 1 is 0.429 bits per heavy atom. The normalized spacial score (nSPS) is 13.4. The summed E-state index contributed by atoms with van der Waals surface area (Å²) in [5.74, 6) is -0.142. The molecule has 3 unspecified atom stereocenters. The van der Waals surface area contributed by atoms with Crippen LogP contribution in [0.15, 0.2) is 12.2 Å². The molecule has 5 heteroatoms. The molecule has 0 heterocycles. The van der Waals surface area contributed by atoms with Crippen LogP contribution in [0, 0.1) is 0 Å². The number of carbonyl (C=O) groups is 1. The maximum atomic E-state index is 12.5. The summed E-state index contributed by atoms with van der Waals surface area (Å²) < 4.78 is 0. The summed E-state index contributed by atoms with van der Waals surface area (Å²) in [6, 6.07) is -0.807.